The highest BCUT2D eigenvalue weighted by molar-refractivity contribution is 7.89. The van der Waals surface area contributed by atoms with Gasteiger partial charge in [0.2, 0.25) is 15.9 Å². The van der Waals surface area contributed by atoms with Gasteiger partial charge < -0.3 is 14.8 Å². The van der Waals surface area contributed by atoms with Crippen molar-refractivity contribution >= 4 is 21.6 Å². The molecule has 0 saturated heterocycles. The third kappa shape index (κ3) is 7.73. The second kappa shape index (κ2) is 12.6. The minimum atomic E-state index is -3.75. The Morgan fingerprint density at radius 3 is 2.27 bits per heavy atom. The van der Waals surface area contributed by atoms with E-state index in [0.29, 0.717) is 38.5 Å². The van der Waals surface area contributed by atoms with E-state index in [0.717, 1.165) is 5.75 Å². The Hall–Kier alpha value is -2.62. The number of nitrogens with zero attached hydrogens (tertiary/aromatic N) is 2. The molecule has 0 bridgehead atoms. The van der Waals surface area contributed by atoms with E-state index >= 15 is 0 Å². The lowest BCUT2D eigenvalue weighted by atomic mass is 10.2. The summed E-state index contributed by atoms with van der Waals surface area (Å²) in [7, 11) is -1.92. The van der Waals surface area contributed by atoms with E-state index in [-0.39, 0.29) is 23.1 Å². The Kier molecular flexibility index (Phi) is 10.1. The summed E-state index contributed by atoms with van der Waals surface area (Å²) < 4.78 is 38.7. The number of carbonyl (C=O) groups is 1. The van der Waals surface area contributed by atoms with Gasteiger partial charge in [-0.2, -0.15) is 4.31 Å². The Bertz CT molecular complexity index is 1010. The molecule has 0 unspecified atom stereocenters. The van der Waals surface area contributed by atoms with Gasteiger partial charge in [-0.05, 0) is 51.2 Å². The molecule has 1 N–H and O–H groups in total. The maximum Gasteiger partial charge on any atom is 0.246 e. The van der Waals surface area contributed by atoms with E-state index in [2.05, 4.69) is 5.32 Å². The molecule has 0 aliphatic heterocycles. The van der Waals surface area contributed by atoms with E-state index in [1.807, 2.05) is 43.1 Å². The van der Waals surface area contributed by atoms with Crippen molar-refractivity contribution in [3.8, 4) is 11.5 Å². The number of carbonyl (C=O) groups excluding carboxylic acids is 1. The monoisotopic (exact) mass is 477 g/mol. The lowest BCUT2D eigenvalue weighted by Gasteiger charge is -2.21. The molecule has 0 aliphatic rings. The van der Waals surface area contributed by atoms with Crippen molar-refractivity contribution in [3.63, 3.8) is 0 Å². The summed E-state index contributed by atoms with van der Waals surface area (Å²) in [6.07, 6.45) is 0. The number of hydrogen-bond acceptors (Lipinski definition) is 6. The molecule has 0 aliphatic carbocycles. The molecule has 0 atom stereocenters. The molecule has 9 heteroatoms. The first-order valence-electron chi connectivity index (χ1n) is 11.2. The van der Waals surface area contributed by atoms with Crippen LogP contribution in [-0.4, -0.2) is 70.0 Å². The molecule has 0 aromatic heterocycles. The van der Waals surface area contributed by atoms with E-state index < -0.39 is 10.0 Å². The molecule has 2 rings (SSSR count). The van der Waals surface area contributed by atoms with Crippen LogP contribution >= 0.6 is 0 Å². The smallest absolute Gasteiger partial charge is 0.246 e. The summed E-state index contributed by atoms with van der Waals surface area (Å²) in [5.74, 6) is 0.811. The van der Waals surface area contributed by atoms with Gasteiger partial charge in [-0.1, -0.05) is 31.5 Å². The van der Waals surface area contributed by atoms with Crippen LogP contribution in [0.1, 0.15) is 26.3 Å². The maximum absolute atomic E-state index is 13.1. The Morgan fingerprint density at radius 2 is 1.67 bits per heavy atom. The van der Waals surface area contributed by atoms with Crippen LogP contribution in [0.5, 0.6) is 11.5 Å². The summed E-state index contributed by atoms with van der Waals surface area (Å²) in [4.78, 5) is 14.4. The van der Waals surface area contributed by atoms with E-state index in [4.69, 9.17) is 9.47 Å². The Morgan fingerprint density at radius 1 is 1.00 bits per heavy atom. The predicted molar refractivity (Wildman–Crippen MR) is 131 cm³/mol. The second-order valence-electron chi connectivity index (χ2n) is 7.63. The van der Waals surface area contributed by atoms with Gasteiger partial charge in [-0.15, -0.1) is 0 Å². The average molecular weight is 478 g/mol. The SMILES string of the molecule is CCOc1ccc(NC(=O)CN(C)CCOc2ccc(C)cc2)cc1S(=O)(=O)N(CC)CC. The lowest BCUT2D eigenvalue weighted by Crippen LogP contribution is -2.33. The number of benzene rings is 2. The van der Waals surface area contributed by atoms with Crippen LogP contribution in [0.4, 0.5) is 5.69 Å². The van der Waals surface area contributed by atoms with Gasteiger partial charge in [-0.3, -0.25) is 9.69 Å². The number of amides is 1. The van der Waals surface area contributed by atoms with Gasteiger partial charge >= 0.3 is 0 Å². The molecule has 0 fully saturated rings. The zero-order valence-corrected chi connectivity index (χ0v) is 20.9. The van der Waals surface area contributed by atoms with E-state index in [1.165, 1.54) is 15.9 Å². The van der Waals surface area contributed by atoms with E-state index in [9.17, 15) is 13.2 Å². The number of rotatable bonds is 13. The molecule has 182 valence electrons. The normalized spacial score (nSPS) is 11.6. The van der Waals surface area contributed by atoms with Crippen molar-refractivity contribution in [1.29, 1.82) is 0 Å². The fourth-order valence-corrected chi connectivity index (χ4v) is 4.86. The summed E-state index contributed by atoms with van der Waals surface area (Å²) in [5.41, 5.74) is 1.57. The number of anilines is 1. The maximum atomic E-state index is 13.1. The van der Waals surface area contributed by atoms with Gasteiger partial charge in [0.05, 0.1) is 13.2 Å². The lowest BCUT2D eigenvalue weighted by molar-refractivity contribution is -0.117. The number of ether oxygens (including phenoxy) is 2. The predicted octanol–water partition coefficient (Wildman–Crippen LogP) is 3.37. The fourth-order valence-electron chi connectivity index (χ4n) is 3.24. The third-order valence-corrected chi connectivity index (χ3v) is 7.10. The third-order valence-electron chi connectivity index (χ3n) is 5.03. The van der Waals surface area contributed by atoms with Gasteiger partial charge in [0.1, 0.15) is 23.0 Å². The van der Waals surface area contributed by atoms with Gasteiger partial charge in [0.25, 0.3) is 0 Å². The molecule has 0 saturated carbocycles. The minimum absolute atomic E-state index is 0.0469. The topological polar surface area (TPSA) is 88.2 Å². The highest BCUT2D eigenvalue weighted by atomic mass is 32.2. The van der Waals surface area contributed by atoms with E-state index in [1.54, 1.807) is 32.9 Å². The number of likely N-dealkylation sites (N-methyl/N-ethyl adjacent to an activating group) is 1. The summed E-state index contributed by atoms with van der Waals surface area (Å²) in [6.45, 7) is 9.55. The molecule has 2 aromatic rings. The van der Waals surface area contributed by atoms with Crippen LogP contribution in [0, 0.1) is 6.92 Å². The zero-order chi connectivity index (χ0) is 24.4. The molecule has 1 amide bonds. The van der Waals surface area contributed by atoms with Crippen LogP contribution in [0.2, 0.25) is 0 Å². The van der Waals surface area contributed by atoms with Crippen molar-refractivity contribution in [2.24, 2.45) is 0 Å². The Balaban J connectivity index is 2.01. The summed E-state index contributed by atoms with van der Waals surface area (Å²) in [6, 6.07) is 12.5. The molecule has 33 heavy (non-hydrogen) atoms. The first-order chi connectivity index (χ1) is 15.7. The second-order valence-corrected chi connectivity index (χ2v) is 9.54. The minimum Gasteiger partial charge on any atom is -0.492 e. The molecular formula is C24H35N3O5S. The highest BCUT2D eigenvalue weighted by Crippen LogP contribution is 2.30. The number of hydrogen-bond donors (Lipinski definition) is 1. The van der Waals surface area contributed by atoms with Crippen LogP contribution in [0.25, 0.3) is 0 Å². The van der Waals surface area contributed by atoms with Crippen LogP contribution in [-0.2, 0) is 14.8 Å². The van der Waals surface area contributed by atoms with Gasteiger partial charge in [-0.25, -0.2) is 8.42 Å². The molecule has 0 heterocycles. The first kappa shape index (κ1) is 26.6. The largest absolute Gasteiger partial charge is 0.492 e. The molecule has 2 aromatic carbocycles. The first-order valence-corrected chi connectivity index (χ1v) is 12.6. The zero-order valence-electron chi connectivity index (χ0n) is 20.1. The summed E-state index contributed by atoms with van der Waals surface area (Å²) >= 11 is 0. The van der Waals surface area contributed by atoms with Crippen LogP contribution < -0.4 is 14.8 Å². The van der Waals surface area contributed by atoms with Crippen molar-refractivity contribution in [2.45, 2.75) is 32.6 Å². The molecule has 0 spiro atoms. The molecule has 8 nitrogen and oxygen atoms in total. The van der Waals surface area contributed by atoms with Crippen molar-refractivity contribution in [2.75, 3.05) is 51.8 Å². The van der Waals surface area contributed by atoms with Crippen molar-refractivity contribution in [1.82, 2.24) is 9.21 Å². The summed E-state index contributed by atoms with van der Waals surface area (Å²) in [5, 5.41) is 2.78. The average Bonchev–Trinajstić information content (AvgIpc) is 2.77. The van der Waals surface area contributed by atoms with Crippen LogP contribution in [0.3, 0.4) is 0 Å². The number of aryl methyl sites for hydroxylation is 1. The highest BCUT2D eigenvalue weighted by Gasteiger charge is 2.26. The standard InChI is InChI=1S/C24H35N3O5S/c1-6-27(7-2)33(29,30)23-17-20(11-14-22(23)31-8-3)25-24(28)18-26(5)15-16-32-21-12-9-19(4)10-13-21/h9-14,17H,6-8,15-16,18H2,1-5H3,(H,25,28). The van der Waals surface area contributed by atoms with Gasteiger partial charge in [0, 0.05) is 25.3 Å². The van der Waals surface area contributed by atoms with Crippen LogP contribution in [0.15, 0.2) is 47.4 Å². The molecular weight excluding hydrogens is 442 g/mol. The van der Waals surface area contributed by atoms with Crippen molar-refractivity contribution in [3.05, 3.63) is 48.0 Å². The molecule has 0 radical (unpaired) electrons. The van der Waals surface area contributed by atoms with Crippen molar-refractivity contribution < 1.29 is 22.7 Å². The number of sulfonamides is 1. The fraction of sp³-hybridized carbons (Fsp3) is 0.458. The Labute approximate surface area is 197 Å². The van der Waals surface area contributed by atoms with Gasteiger partial charge in [0.15, 0.2) is 0 Å². The number of nitrogens with one attached hydrogen (secondary N) is 1. The quantitative estimate of drug-likeness (QED) is 0.476.